The Morgan fingerprint density at radius 1 is 1.39 bits per heavy atom. The van der Waals surface area contributed by atoms with Gasteiger partial charge in [-0.3, -0.25) is 4.79 Å². The van der Waals surface area contributed by atoms with E-state index in [1.165, 1.54) is 32.2 Å². The molecule has 1 rings (SSSR count). The third-order valence-electron chi connectivity index (χ3n) is 3.04. The summed E-state index contributed by atoms with van der Waals surface area (Å²) in [6, 6.07) is 4.09. The Balaban J connectivity index is 3.20. The van der Waals surface area contributed by atoms with Crippen LogP contribution in [0.5, 0.6) is 0 Å². The molecule has 1 N–H and O–H groups in total. The fourth-order valence-corrected chi connectivity index (χ4v) is 3.32. The molecule has 0 aliphatic heterocycles. The van der Waals surface area contributed by atoms with Crippen molar-refractivity contribution in [3.8, 4) is 0 Å². The van der Waals surface area contributed by atoms with E-state index >= 15 is 0 Å². The first-order chi connectivity index (χ1) is 10.7. The van der Waals surface area contributed by atoms with E-state index in [1.807, 2.05) is 0 Å². The molecule has 23 heavy (non-hydrogen) atoms. The van der Waals surface area contributed by atoms with Crippen LogP contribution in [0.1, 0.15) is 12.5 Å². The smallest absolute Gasteiger partial charge is 0.252 e. The summed E-state index contributed by atoms with van der Waals surface area (Å²) in [5, 5.41) is 2.51. The van der Waals surface area contributed by atoms with Crippen LogP contribution in [0, 0.1) is 6.92 Å². The largest absolute Gasteiger partial charge is 0.383 e. The maximum absolute atomic E-state index is 12.7. The van der Waals surface area contributed by atoms with Crippen molar-refractivity contribution in [2.75, 3.05) is 32.1 Å². The van der Waals surface area contributed by atoms with Gasteiger partial charge in [0.25, 0.3) is 6.43 Å². The zero-order valence-corrected chi connectivity index (χ0v) is 14.0. The van der Waals surface area contributed by atoms with Crippen molar-refractivity contribution >= 4 is 21.6 Å². The minimum Gasteiger partial charge on any atom is -0.383 e. The number of benzene rings is 1. The molecule has 0 aliphatic rings. The highest BCUT2D eigenvalue weighted by Gasteiger charge is 2.27. The number of carbonyl (C=O) groups excluding carboxylic acids is 1. The highest BCUT2D eigenvalue weighted by molar-refractivity contribution is 7.89. The topological polar surface area (TPSA) is 75.7 Å². The third-order valence-corrected chi connectivity index (χ3v) is 4.91. The molecule has 130 valence electrons. The summed E-state index contributed by atoms with van der Waals surface area (Å²) in [7, 11) is -2.77. The zero-order valence-electron chi connectivity index (χ0n) is 13.2. The van der Waals surface area contributed by atoms with Crippen LogP contribution >= 0.6 is 0 Å². The van der Waals surface area contributed by atoms with E-state index in [4.69, 9.17) is 4.74 Å². The molecule has 0 bridgehead atoms. The number of halogens is 2. The Bertz CT molecular complexity index is 650. The van der Waals surface area contributed by atoms with E-state index < -0.39 is 23.0 Å². The molecule has 0 radical (unpaired) electrons. The summed E-state index contributed by atoms with van der Waals surface area (Å²) in [6.45, 7) is 1.88. The van der Waals surface area contributed by atoms with Gasteiger partial charge in [0, 0.05) is 26.3 Å². The minimum absolute atomic E-state index is 0.00361. The highest BCUT2D eigenvalue weighted by atomic mass is 32.2. The minimum atomic E-state index is -4.12. The van der Waals surface area contributed by atoms with Crippen LogP contribution in [-0.4, -0.2) is 51.9 Å². The van der Waals surface area contributed by atoms with Gasteiger partial charge in [0.1, 0.15) is 0 Å². The average Bonchev–Trinajstić information content (AvgIpc) is 2.44. The van der Waals surface area contributed by atoms with E-state index in [0.717, 1.165) is 0 Å². The number of methoxy groups -OCH3 is 1. The van der Waals surface area contributed by atoms with Crippen LogP contribution in [0.3, 0.4) is 0 Å². The van der Waals surface area contributed by atoms with E-state index in [-0.39, 0.29) is 24.0 Å². The molecular formula is C14H20F2N2O4S. The number of ether oxygens (including phenoxy) is 1. The number of nitrogens with zero attached hydrogens (tertiary/aromatic N) is 1. The second-order valence-corrected chi connectivity index (χ2v) is 6.84. The zero-order chi connectivity index (χ0) is 17.6. The van der Waals surface area contributed by atoms with Gasteiger partial charge in [-0.25, -0.2) is 17.2 Å². The Kier molecular flexibility index (Phi) is 7.04. The van der Waals surface area contributed by atoms with Crippen molar-refractivity contribution in [2.45, 2.75) is 25.2 Å². The van der Waals surface area contributed by atoms with Crippen LogP contribution in [0.2, 0.25) is 0 Å². The number of rotatable bonds is 8. The molecule has 0 fully saturated rings. The quantitative estimate of drug-likeness (QED) is 0.776. The van der Waals surface area contributed by atoms with Gasteiger partial charge in [0.05, 0.1) is 18.0 Å². The standard InChI is InChI=1S/C14H20F2N2O4S/c1-10-4-5-12(8-13(10)17-11(2)19)23(20,21)18(6-7-22-3)9-14(15)16/h4-5,8,14H,6-7,9H2,1-3H3,(H,17,19). The molecule has 1 aromatic carbocycles. The maximum atomic E-state index is 12.7. The normalized spacial score (nSPS) is 12.0. The van der Waals surface area contributed by atoms with Crippen molar-refractivity contribution in [3.63, 3.8) is 0 Å². The van der Waals surface area contributed by atoms with Crippen LogP contribution in [-0.2, 0) is 19.6 Å². The van der Waals surface area contributed by atoms with E-state index in [2.05, 4.69) is 5.32 Å². The van der Waals surface area contributed by atoms with Gasteiger partial charge in [0.15, 0.2) is 0 Å². The fourth-order valence-electron chi connectivity index (χ4n) is 1.89. The van der Waals surface area contributed by atoms with Crippen molar-refractivity contribution < 1.29 is 26.7 Å². The molecule has 0 unspecified atom stereocenters. The molecule has 9 heteroatoms. The number of amides is 1. The van der Waals surface area contributed by atoms with Crippen molar-refractivity contribution in [1.29, 1.82) is 0 Å². The number of nitrogens with one attached hydrogen (secondary N) is 1. The van der Waals surface area contributed by atoms with Crippen LogP contribution in [0.15, 0.2) is 23.1 Å². The number of hydrogen-bond acceptors (Lipinski definition) is 4. The summed E-state index contributed by atoms with van der Waals surface area (Å²) in [5.74, 6) is -0.355. The maximum Gasteiger partial charge on any atom is 0.252 e. The molecule has 0 saturated heterocycles. The van der Waals surface area contributed by atoms with Gasteiger partial charge in [-0.15, -0.1) is 0 Å². The lowest BCUT2D eigenvalue weighted by atomic mass is 10.2. The lowest BCUT2D eigenvalue weighted by Gasteiger charge is -2.22. The van der Waals surface area contributed by atoms with E-state index in [0.29, 0.717) is 15.6 Å². The van der Waals surface area contributed by atoms with Gasteiger partial charge in [-0.1, -0.05) is 6.07 Å². The SMILES string of the molecule is COCCN(CC(F)F)S(=O)(=O)c1ccc(C)c(NC(C)=O)c1. The molecule has 0 aliphatic carbocycles. The number of hydrogen-bond donors (Lipinski definition) is 1. The van der Waals surface area contributed by atoms with Gasteiger partial charge in [-0.05, 0) is 24.6 Å². The number of sulfonamides is 1. The second-order valence-electron chi connectivity index (χ2n) is 4.90. The molecule has 0 atom stereocenters. The summed E-state index contributed by atoms with van der Waals surface area (Å²) >= 11 is 0. The first-order valence-electron chi connectivity index (χ1n) is 6.84. The highest BCUT2D eigenvalue weighted by Crippen LogP contribution is 2.23. The van der Waals surface area contributed by atoms with Crippen LogP contribution in [0.4, 0.5) is 14.5 Å². The summed E-state index contributed by atoms with van der Waals surface area (Å²) in [4.78, 5) is 11.0. The predicted molar refractivity (Wildman–Crippen MR) is 82.1 cm³/mol. The molecule has 1 amide bonds. The lowest BCUT2D eigenvalue weighted by Crippen LogP contribution is -2.37. The molecule has 0 heterocycles. The van der Waals surface area contributed by atoms with Gasteiger partial charge < -0.3 is 10.1 Å². The van der Waals surface area contributed by atoms with Gasteiger partial charge in [-0.2, -0.15) is 4.31 Å². The van der Waals surface area contributed by atoms with Gasteiger partial charge >= 0.3 is 0 Å². The Morgan fingerprint density at radius 3 is 2.57 bits per heavy atom. The number of carbonyl (C=O) groups is 1. The predicted octanol–water partition coefficient (Wildman–Crippen LogP) is 1.86. The fraction of sp³-hybridized carbons (Fsp3) is 0.500. The second kappa shape index (κ2) is 8.32. The molecule has 6 nitrogen and oxygen atoms in total. The first-order valence-corrected chi connectivity index (χ1v) is 8.28. The molecule has 0 saturated carbocycles. The summed E-state index contributed by atoms with van der Waals surface area (Å²) in [6.07, 6.45) is -2.80. The average molecular weight is 350 g/mol. The van der Waals surface area contributed by atoms with Crippen LogP contribution < -0.4 is 5.32 Å². The monoisotopic (exact) mass is 350 g/mol. The molecule has 0 spiro atoms. The van der Waals surface area contributed by atoms with Crippen LogP contribution in [0.25, 0.3) is 0 Å². The summed E-state index contributed by atoms with van der Waals surface area (Å²) in [5.41, 5.74) is 0.985. The molecular weight excluding hydrogens is 330 g/mol. The number of aryl methyl sites for hydroxylation is 1. The van der Waals surface area contributed by atoms with Gasteiger partial charge in [0.2, 0.25) is 15.9 Å². The Labute approximate surface area is 134 Å². The van der Waals surface area contributed by atoms with Crippen molar-refractivity contribution in [1.82, 2.24) is 4.31 Å². The number of anilines is 1. The Hall–Kier alpha value is -1.58. The van der Waals surface area contributed by atoms with Crippen molar-refractivity contribution in [3.05, 3.63) is 23.8 Å². The molecule has 1 aromatic rings. The first kappa shape index (κ1) is 19.5. The van der Waals surface area contributed by atoms with Crippen molar-refractivity contribution in [2.24, 2.45) is 0 Å². The Morgan fingerprint density at radius 2 is 2.04 bits per heavy atom. The lowest BCUT2D eigenvalue weighted by molar-refractivity contribution is -0.114. The summed E-state index contributed by atoms with van der Waals surface area (Å²) < 4.78 is 55.9. The molecule has 0 aromatic heterocycles. The van der Waals surface area contributed by atoms with E-state index in [9.17, 15) is 22.0 Å². The van der Waals surface area contributed by atoms with E-state index in [1.54, 1.807) is 6.92 Å². The third kappa shape index (κ3) is 5.52. The number of alkyl halides is 2.